The summed E-state index contributed by atoms with van der Waals surface area (Å²) in [5.41, 5.74) is 2.93. The molecule has 0 radical (unpaired) electrons. The minimum Gasteiger partial charge on any atom is -0.317 e. The molecule has 1 aromatic rings. The van der Waals surface area contributed by atoms with Crippen LogP contribution in [-0.2, 0) is 6.42 Å². The molecular formula is C18H31N. The van der Waals surface area contributed by atoms with E-state index < -0.39 is 0 Å². The van der Waals surface area contributed by atoms with E-state index in [-0.39, 0.29) is 0 Å². The van der Waals surface area contributed by atoms with Crippen LogP contribution in [0.2, 0.25) is 0 Å². The van der Waals surface area contributed by atoms with Gasteiger partial charge in [-0.05, 0) is 61.7 Å². The molecule has 1 nitrogen and oxygen atoms in total. The van der Waals surface area contributed by atoms with Gasteiger partial charge in [0.2, 0.25) is 0 Å². The van der Waals surface area contributed by atoms with Crippen LogP contribution in [0.15, 0.2) is 24.3 Å². The van der Waals surface area contributed by atoms with E-state index in [2.05, 4.69) is 57.3 Å². The molecule has 0 spiro atoms. The molecule has 1 aromatic carbocycles. The molecule has 0 bridgehead atoms. The summed E-state index contributed by atoms with van der Waals surface area (Å²) in [6.07, 6.45) is 5.04. The fourth-order valence-corrected chi connectivity index (χ4v) is 2.28. The van der Waals surface area contributed by atoms with Crippen LogP contribution in [0.1, 0.15) is 64.0 Å². The quantitative estimate of drug-likeness (QED) is 0.631. The molecule has 0 aliphatic carbocycles. The van der Waals surface area contributed by atoms with Crippen molar-refractivity contribution in [3.63, 3.8) is 0 Å². The van der Waals surface area contributed by atoms with Crippen LogP contribution in [-0.4, -0.2) is 13.1 Å². The number of hydrogen-bond donors (Lipinski definition) is 1. The van der Waals surface area contributed by atoms with Crippen LogP contribution in [0, 0.1) is 5.92 Å². The highest BCUT2D eigenvalue weighted by Gasteiger charge is 2.03. The first-order valence-electron chi connectivity index (χ1n) is 7.93. The fraction of sp³-hybridized carbons (Fsp3) is 0.667. The van der Waals surface area contributed by atoms with E-state index in [1.165, 1.54) is 43.4 Å². The Kier molecular flexibility index (Phi) is 7.81. The summed E-state index contributed by atoms with van der Waals surface area (Å²) in [7, 11) is 0. The van der Waals surface area contributed by atoms with E-state index in [4.69, 9.17) is 0 Å². The molecule has 1 N–H and O–H groups in total. The zero-order valence-electron chi connectivity index (χ0n) is 13.2. The third kappa shape index (κ3) is 6.77. The molecule has 0 aliphatic heterocycles. The van der Waals surface area contributed by atoms with Crippen LogP contribution >= 0.6 is 0 Å². The van der Waals surface area contributed by atoms with E-state index in [9.17, 15) is 0 Å². The highest BCUT2D eigenvalue weighted by molar-refractivity contribution is 5.24. The summed E-state index contributed by atoms with van der Waals surface area (Å²) in [4.78, 5) is 0. The predicted molar refractivity (Wildman–Crippen MR) is 85.8 cm³/mol. The summed E-state index contributed by atoms with van der Waals surface area (Å²) < 4.78 is 0. The average Bonchev–Trinajstić information content (AvgIpc) is 2.42. The van der Waals surface area contributed by atoms with E-state index >= 15 is 0 Å². The highest BCUT2D eigenvalue weighted by atomic mass is 14.8. The third-order valence-electron chi connectivity index (χ3n) is 3.81. The maximum absolute atomic E-state index is 3.48. The summed E-state index contributed by atoms with van der Waals surface area (Å²) in [6.45, 7) is 11.4. The van der Waals surface area contributed by atoms with E-state index in [0.29, 0.717) is 5.92 Å². The molecule has 1 heteroatoms. The average molecular weight is 261 g/mol. The second kappa shape index (κ2) is 9.14. The Morgan fingerprint density at radius 3 is 2.21 bits per heavy atom. The minimum absolute atomic E-state index is 0.637. The zero-order valence-corrected chi connectivity index (χ0v) is 13.2. The summed E-state index contributed by atoms with van der Waals surface area (Å²) >= 11 is 0. The van der Waals surface area contributed by atoms with Crippen molar-refractivity contribution in [2.75, 3.05) is 13.1 Å². The maximum Gasteiger partial charge on any atom is -0.00464 e. The molecule has 1 rings (SSSR count). The van der Waals surface area contributed by atoms with Gasteiger partial charge in [0.15, 0.2) is 0 Å². The van der Waals surface area contributed by atoms with Crippen LogP contribution < -0.4 is 5.32 Å². The molecule has 0 saturated heterocycles. The lowest BCUT2D eigenvalue weighted by atomic mass is 9.96. The van der Waals surface area contributed by atoms with Crippen molar-refractivity contribution in [3.8, 4) is 0 Å². The van der Waals surface area contributed by atoms with Gasteiger partial charge in [0.1, 0.15) is 0 Å². The van der Waals surface area contributed by atoms with Gasteiger partial charge in [-0.3, -0.25) is 0 Å². The maximum atomic E-state index is 3.48. The third-order valence-corrected chi connectivity index (χ3v) is 3.81. The largest absolute Gasteiger partial charge is 0.317 e. The summed E-state index contributed by atoms with van der Waals surface area (Å²) in [6, 6.07) is 9.18. The molecule has 19 heavy (non-hydrogen) atoms. The van der Waals surface area contributed by atoms with Gasteiger partial charge in [-0.25, -0.2) is 0 Å². The lowest BCUT2D eigenvalue weighted by Crippen LogP contribution is -2.18. The second-order valence-electron chi connectivity index (χ2n) is 6.08. The van der Waals surface area contributed by atoms with Gasteiger partial charge in [0.05, 0.1) is 0 Å². The minimum atomic E-state index is 0.637. The number of nitrogens with one attached hydrogen (secondary N) is 1. The van der Waals surface area contributed by atoms with Gasteiger partial charge >= 0.3 is 0 Å². The van der Waals surface area contributed by atoms with Gasteiger partial charge in [-0.1, -0.05) is 52.0 Å². The van der Waals surface area contributed by atoms with Crippen LogP contribution in [0.3, 0.4) is 0 Å². The van der Waals surface area contributed by atoms with Gasteiger partial charge in [-0.2, -0.15) is 0 Å². The van der Waals surface area contributed by atoms with Crippen LogP contribution in [0.5, 0.6) is 0 Å². The van der Waals surface area contributed by atoms with Crippen molar-refractivity contribution >= 4 is 0 Å². The van der Waals surface area contributed by atoms with Crippen molar-refractivity contribution in [2.24, 2.45) is 5.92 Å². The molecule has 1 atom stereocenters. The number of hydrogen-bond acceptors (Lipinski definition) is 1. The Morgan fingerprint density at radius 2 is 1.63 bits per heavy atom. The lowest BCUT2D eigenvalue weighted by Gasteiger charge is -2.12. The Labute approximate surface area is 119 Å². The molecule has 1 unspecified atom stereocenters. The SMILES string of the molecule is CCCNCCC(C)CCc1ccc(C(C)C)cc1. The molecule has 108 valence electrons. The normalized spacial score (nSPS) is 12.9. The molecule has 0 fully saturated rings. The lowest BCUT2D eigenvalue weighted by molar-refractivity contribution is 0.470. The van der Waals surface area contributed by atoms with E-state index in [1.807, 2.05) is 0 Å². The van der Waals surface area contributed by atoms with Crippen LogP contribution in [0.25, 0.3) is 0 Å². The molecule has 0 aromatic heterocycles. The summed E-state index contributed by atoms with van der Waals surface area (Å²) in [5.74, 6) is 1.45. The molecule has 0 aliphatic rings. The Bertz CT molecular complexity index is 326. The smallest absolute Gasteiger partial charge is 0.00464 e. The molecule has 0 saturated carbocycles. The Hall–Kier alpha value is -0.820. The van der Waals surface area contributed by atoms with Crippen molar-refractivity contribution in [1.29, 1.82) is 0 Å². The standard InChI is InChI=1S/C18H31N/c1-5-13-19-14-12-16(4)6-7-17-8-10-18(11-9-17)15(2)3/h8-11,15-16,19H,5-7,12-14H2,1-4H3. The highest BCUT2D eigenvalue weighted by Crippen LogP contribution is 2.17. The number of rotatable bonds is 9. The van der Waals surface area contributed by atoms with Gasteiger partial charge in [0, 0.05) is 0 Å². The van der Waals surface area contributed by atoms with Crippen molar-refractivity contribution < 1.29 is 0 Å². The predicted octanol–water partition coefficient (Wildman–Crippen LogP) is 4.77. The van der Waals surface area contributed by atoms with E-state index in [1.54, 1.807) is 0 Å². The first-order valence-corrected chi connectivity index (χ1v) is 7.93. The number of benzene rings is 1. The van der Waals surface area contributed by atoms with Crippen LogP contribution in [0.4, 0.5) is 0 Å². The van der Waals surface area contributed by atoms with Crippen molar-refractivity contribution in [3.05, 3.63) is 35.4 Å². The van der Waals surface area contributed by atoms with Crippen molar-refractivity contribution in [2.45, 2.75) is 59.3 Å². The molecule has 0 heterocycles. The number of aryl methyl sites for hydroxylation is 1. The Morgan fingerprint density at radius 1 is 0.947 bits per heavy atom. The first kappa shape index (κ1) is 16.2. The Balaban J connectivity index is 2.24. The molecule has 0 amide bonds. The first-order chi connectivity index (χ1) is 9.13. The van der Waals surface area contributed by atoms with Gasteiger partial charge in [0.25, 0.3) is 0 Å². The van der Waals surface area contributed by atoms with Crippen molar-refractivity contribution in [1.82, 2.24) is 5.32 Å². The second-order valence-corrected chi connectivity index (χ2v) is 6.08. The molecular weight excluding hydrogens is 230 g/mol. The monoisotopic (exact) mass is 261 g/mol. The van der Waals surface area contributed by atoms with Gasteiger partial charge < -0.3 is 5.32 Å². The van der Waals surface area contributed by atoms with E-state index in [0.717, 1.165) is 12.5 Å². The summed E-state index contributed by atoms with van der Waals surface area (Å²) in [5, 5.41) is 3.48. The fourth-order valence-electron chi connectivity index (χ4n) is 2.28. The zero-order chi connectivity index (χ0) is 14.1. The topological polar surface area (TPSA) is 12.0 Å². The van der Waals surface area contributed by atoms with Gasteiger partial charge in [-0.15, -0.1) is 0 Å².